The van der Waals surface area contributed by atoms with Crippen LogP contribution in [0.2, 0.25) is 0 Å². The van der Waals surface area contributed by atoms with Gasteiger partial charge in [-0.25, -0.2) is 0 Å². The molecule has 1 aliphatic heterocycles. The minimum absolute atomic E-state index is 0.398. The van der Waals surface area contributed by atoms with E-state index in [9.17, 15) is 9.59 Å². The van der Waals surface area contributed by atoms with Crippen LogP contribution in [0.4, 0.5) is 5.69 Å². The average Bonchev–Trinajstić information content (AvgIpc) is 2.75. The van der Waals surface area contributed by atoms with Gasteiger partial charge >= 0.3 is 11.8 Å². The molecule has 2 aromatic rings. The summed E-state index contributed by atoms with van der Waals surface area (Å²) in [5, 5.41) is 5.41. The van der Waals surface area contributed by atoms with Crippen molar-refractivity contribution in [3.8, 4) is 5.75 Å². The summed E-state index contributed by atoms with van der Waals surface area (Å²) < 4.78 is 5.47. The summed E-state index contributed by atoms with van der Waals surface area (Å²) in [4.78, 5) is 26.8. The van der Waals surface area contributed by atoms with Gasteiger partial charge in [-0.2, -0.15) is 0 Å². The molecule has 0 aliphatic carbocycles. The van der Waals surface area contributed by atoms with Crippen LogP contribution in [0.15, 0.2) is 54.6 Å². The number of hydrogen-bond acceptors (Lipinski definition) is 4. The van der Waals surface area contributed by atoms with Crippen LogP contribution in [0.1, 0.15) is 25.3 Å². The van der Waals surface area contributed by atoms with E-state index in [-0.39, 0.29) is 0 Å². The highest BCUT2D eigenvalue weighted by atomic mass is 16.5. The Morgan fingerprint density at radius 2 is 1.69 bits per heavy atom. The van der Waals surface area contributed by atoms with Crippen LogP contribution in [-0.2, 0) is 16.1 Å². The van der Waals surface area contributed by atoms with Crippen molar-refractivity contribution in [1.82, 2.24) is 10.2 Å². The van der Waals surface area contributed by atoms with E-state index in [1.165, 1.54) is 5.56 Å². The zero-order valence-corrected chi connectivity index (χ0v) is 16.9. The molecule has 3 rings (SSSR count). The van der Waals surface area contributed by atoms with E-state index < -0.39 is 11.8 Å². The van der Waals surface area contributed by atoms with Crippen molar-refractivity contribution in [3.63, 3.8) is 0 Å². The molecule has 0 bridgehead atoms. The van der Waals surface area contributed by atoms with Gasteiger partial charge in [0, 0.05) is 13.1 Å². The maximum Gasteiger partial charge on any atom is 0.313 e. The average molecular weight is 396 g/mol. The maximum atomic E-state index is 12.2. The molecule has 0 aromatic heterocycles. The fraction of sp³-hybridized carbons (Fsp3) is 0.391. The van der Waals surface area contributed by atoms with Crippen molar-refractivity contribution in [2.45, 2.75) is 26.3 Å². The standard InChI is InChI=1S/C23H29N3O3/c1-2-29-21-11-7-6-10-20(21)25-23(28)22(27)24-16-18-12-14-26(15-13-18)17-19-8-4-3-5-9-19/h3-11,18H,2,12-17H2,1H3,(H,24,27)(H,25,28). The SMILES string of the molecule is CCOc1ccccc1NC(=O)C(=O)NCC1CCN(Cc2ccccc2)CC1. The van der Waals surface area contributed by atoms with Gasteiger partial charge in [0.25, 0.3) is 0 Å². The van der Waals surface area contributed by atoms with Crippen LogP contribution < -0.4 is 15.4 Å². The summed E-state index contributed by atoms with van der Waals surface area (Å²) in [6.45, 7) is 5.85. The molecule has 1 heterocycles. The van der Waals surface area contributed by atoms with Gasteiger partial charge in [0.1, 0.15) is 5.75 Å². The number of piperidine rings is 1. The summed E-state index contributed by atoms with van der Waals surface area (Å²) in [6.07, 6.45) is 2.03. The Morgan fingerprint density at radius 3 is 2.41 bits per heavy atom. The van der Waals surface area contributed by atoms with Crippen LogP contribution in [-0.4, -0.2) is 43.0 Å². The van der Waals surface area contributed by atoms with Crippen LogP contribution in [0.25, 0.3) is 0 Å². The predicted molar refractivity (Wildman–Crippen MR) is 114 cm³/mol. The lowest BCUT2D eigenvalue weighted by Crippen LogP contribution is -2.41. The number of likely N-dealkylation sites (tertiary alicyclic amines) is 1. The minimum atomic E-state index is -0.668. The molecule has 0 unspecified atom stereocenters. The normalized spacial score (nSPS) is 14.9. The Hall–Kier alpha value is -2.86. The number of carbonyl (C=O) groups excluding carboxylic acids is 2. The molecule has 6 heteroatoms. The summed E-state index contributed by atoms with van der Waals surface area (Å²) >= 11 is 0. The first-order valence-electron chi connectivity index (χ1n) is 10.2. The van der Waals surface area contributed by atoms with Gasteiger partial charge in [0.05, 0.1) is 12.3 Å². The van der Waals surface area contributed by atoms with E-state index in [0.717, 1.165) is 32.5 Å². The fourth-order valence-corrected chi connectivity index (χ4v) is 3.54. The number of para-hydroxylation sites is 2. The Balaban J connectivity index is 1.40. The van der Waals surface area contributed by atoms with E-state index in [1.807, 2.05) is 19.1 Å². The molecule has 0 saturated carbocycles. The molecule has 1 fully saturated rings. The molecular formula is C23H29N3O3. The highest BCUT2D eigenvalue weighted by Gasteiger charge is 2.22. The summed E-state index contributed by atoms with van der Waals surface area (Å²) in [5.74, 6) is -0.321. The summed E-state index contributed by atoms with van der Waals surface area (Å²) in [6, 6.07) is 17.6. The number of nitrogens with one attached hydrogen (secondary N) is 2. The second-order valence-corrected chi connectivity index (χ2v) is 7.30. The molecule has 1 saturated heterocycles. The molecule has 2 amide bonds. The number of nitrogens with zero attached hydrogens (tertiary/aromatic N) is 1. The highest BCUT2D eigenvalue weighted by molar-refractivity contribution is 6.39. The topological polar surface area (TPSA) is 70.7 Å². The number of hydrogen-bond donors (Lipinski definition) is 2. The van der Waals surface area contributed by atoms with Gasteiger partial charge in [0.15, 0.2) is 0 Å². The van der Waals surface area contributed by atoms with E-state index in [0.29, 0.717) is 30.5 Å². The number of anilines is 1. The van der Waals surface area contributed by atoms with Gasteiger partial charge in [-0.15, -0.1) is 0 Å². The Morgan fingerprint density at radius 1 is 1.00 bits per heavy atom. The van der Waals surface area contributed by atoms with E-state index >= 15 is 0 Å². The number of ether oxygens (including phenoxy) is 1. The van der Waals surface area contributed by atoms with Crippen LogP contribution in [0.3, 0.4) is 0 Å². The van der Waals surface area contributed by atoms with Crippen molar-refractivity contribution in [3.05, 3.63) is 60.2 Å². The summed E-state index contributed by atoms with van der Waals surface area (Å²) in [7, 11) is 0. The lowest BCUT2D eigenvalue weighted by atomic mass is 9.96. The first-order chi connectivity index (χ1) is 14.2. The van der Waals surface area contributed by atoms with Gasteiger partial charge in [-0.1, -0.05) is 42.5 Å². The Bertz CT molecular complexity index is 802. The van der Waals surface area contributed by atoms with Crippen molar-refractivity contribution in [2.24, 2.45) is 5.92 Å². The number of benzene rings is 2. The van der Waals surface area contributed by atoms with Crippen LogP contribution in [0, 0.1) is 5.92 Å². The molecular weight excluding hydrogens is 366 g/mol. The molecule has 0 spiro atoms. The van der Waals surface area contributed by atoms with Gasteiger partial charge in [-0.3, -0.25) is 14.5 Å². The number of amides is 2. The molecule has 154 valence electrons. The van der Waals surface area contributed by atoms with Gasteiger partial charge in [-0.05, 0) is 56.5 Å². The monoisotopic (exact) mass is 395 g/mol. The molecule has 2 N–H and O–H groups in total. The maximum absolute atomic E-state index is 12.2. The number of carbonyl (C=O) groups is 2. The first-order valence-corrected chi connectivity index (χ1v) is 10.2. The highest BCUT2D eigenvalue weighted by Crippen LogP contribution is 2.23. The molecule has 6 nitrogen and oxygen atoms in total. The Kier molecular flexibility index (Phi) is 7.64. The molecule has 0 atom stereocenters. The second-order valence-electron chi connectivity index (χ2n) is 7.30. The van der Waals surface area contributed by atoms with Gasteiger partial charge in [0.2, 0.25) is 0 Å². The largest absolute Gasteiger partial charge is 0.492 e. The van der Waals surface area contributed by atoms with Crippen molar-refractivity contribution in [2.75, 3.05) is 31.6 Å². The molecule has 1 aliphatic rings. The smallest absolute Gasteiger partial charge is 0.313 e. The fourth-order valence-electron chi connectivity index (χ4n) is 3.54. The molecule has 29 heavy (non-hydrogen) atoms. The quantitative estimate of drug-likeness (QED) is 0.707. The zero-order chi connectivity index (χ0) is 20.5. The van der Waals surface area contributed by atoms with Crippen molar-refractivity contribution < 1.29 is 14.3 Å². The van der Waals surface area contributed by atoms with Crippen molar-refractivity contribution >= 4 is 17.5 Å². The minimum Gasteiger partial charge on any atom is -0.492 e. The second kappa shape index (κ2) is 10.6. The summed E-state index contributed by atoms with van der Waals surface area (Å²) in [5.41, 5.74) is 1.83. The Labute approximate surface area is 172 Å². The third kappa shape index (κ3) is 6.32. The first kappa shape index (κ1) is 20.9. The van der Waals surface area contributed by atoms with E-state index in [4.69, 9.17) is 4.74 Å². The van der Waals surface area contributed by atoms with Crippen LogP contribution in [0.5, 0.6) is 5.75 Å². The zero-order valence-electron chi connectivity index (χ0n) is 16.9. The van der Waals surface area contributed by atoms with E-state index in [1.54, 1.807) is 18.2 Å². The molecule has 0 radical (unpaired) electrons. The molecule has 2 aromatic carbocycles. The number of rotatable bonds is 7. The van der Waals surface area contributed by atoms with Gasteiger partial charge < -0.3 is 15.4 Å². The van der Waals surface area contributed by atoms with Crippen LogP contribution >= 0.6 is 0 Å². The van der Waals surface area contributed by atoms with E-state index in [2.05, 4.69) is 39.8 Å². The third-order valence-electron chi connectivity index (χ3n) is 5.15. The third-order valence-corrected chi connectivity index (χ3v) is 5.15. The lowest BCUT2D eigenvalue weighted by molar-refractivity contribution is -0.136. The lowest BCUT2D eigenvalue weighted by Gasteiger charge is -2.32. The van der Waals surface area contributed by atoms with Crippen molar-refractivity contribution in [1.29, 1.82) is 0 Å². The predicted octanol–water partition coefficient (Wildman–Crippen LogP) is 3.05.